The van der Waals surface area contributed by atoms with Crippen LogP contribution in [0.5, 0.6) is 28.7 Å². The number of hydrogen-bond acceptors (Lipinski definition) is 6. The Morgan fingerprint density at radius 1 is 0.554 bits per heavy atom. The van der Waals surface area contributed by atoms with Crippen molar-refractivity contribution in [3.05, 3.63) is 77.4 Å². The maximum absolute atomic E-state index is 7.28. The molecule has 3 aromatic rings. The average Bonchev–Trinajstić information content (AvgIpc) is 3.02. The lowest BCUT2D eigenvalue weighted by atomic mass is 9.91. The topological polar surface area (TPSA) is 58.2 Å². The van der Waals surface area contributed by atoms with Gasteiger partial charge < -0.3 is 27.8 Å². The zero-order valence-corrected chi connectivity index (χ0v) is 42.9. The third kappa shape index (κ3) is 10.6. The van der Waals surface area contributed by atoms with Gasteiger partial charge >= 0.3 is 0 Å². The highest BCUT2D eigenvalue weighted by atomic mass is 28.4. The molecule has 312 valence electrons. The van der Waals surface area contributed by atoms with Crippen LogP contribution in [0.15, 0.2) is 60.7 Å². The summed E-state index contributed by atoms with van der Waals surface area (Å²) in [5, 5.41) is 4.04. The van der Waals surface area contributed by atoms with Crippen LogP contribution in [-0.2, 0) is 13.0 Å². The molecule has 0 aliphatic carbocycles. The van der Waals surface area contributed by atoms with Crippen molar-refractivity contribution in [2.45, 2.75) is 181 Å². The number of benzene rings is 3. The first kappa shape index (κ1) is 46.2. The van der Waals surface area contributed by atoms with Crippen LogP contribution in [0.1, 0.15) is 106 Å². The van der Waals surface area contributed by atoms with E-state index in [0.717, 1.165) is 46.3 Å². The monoisotopic (exact) mass is 835 g/mol. The summed E-state index contributed by atoms with van der Waals surface area (Å²) in [7, 11) is -8.82. The highest BCUT2D eigenvalue weighted by Gasteiger charge is 2.45. The molecule has 0 radical (unpaired) electrons. The fraction of sp³-hybridized carbons (Fsp3) is 0.609. The summed E-state index contributed by atoms with van der Waals surface area (Å²) in [5.74, 6) is 4.16. The Hall–Kier alpha value is -2.51. The molecule has 6 nitrogen and oxygen atoms in total. The van der Waals surface area contributed by atoms with Gasteiger partial charge in [0, 0.05) is 24.2 Å². The zero-order valence-electron chi connectivity index (χ0n) is 38.9. The smallest absolute Gasteiger partial charge is 0.250 e. The predicted octanol–water partition coefficient (Wildman–Crippen LogP) is 14.1. The van der Waals surface area contributed by atoms with Crippen molar-refractivity contribution in [1.82, 2.24) is 5.32 Å². The highest BCUT2D eigenvalue weighted by Crippen LogP contribution is 2.49. The van der Waals surface area contributed by atoms with Gasteiger partial charge in [-0.2, -0.15) is 0 Å². The van der Waals surface area contributed by atoms with Crippen molar-refractivity contribution < 1.29 is 22.4 Å². The maximum Gasteiger partial charge on any atom is 0.250 e. The molecule has 1 N–H and O–H groups in total. The van der Waals surface area contributed by atoms with E-state index in [1.54, 1.807) is 0 Å². The average molecular weight is 836 g/mol. The fourth-order valence-electron chi connectivity index (χ4n) is 5.52. The maximum atomic E-state index is 7.28. The minimum atomic E-state index is -2.24. The molecule has 1 heterocycles. The van der Waals surface area contributed by atoms with Crippen LogP contribution in [0.2, 0.25) is 72.5 Å². The van der Waals surface area contributed by atoms with Gasteiger partial charge in [-0.3, -0.25) is 0 Å². The van der Waals surface area contributed by atoms with E-state index in [0.29, 0.717) is 6.54 Å². The molecule has 0 saturated carbocycles. The van der Waals surface area contributed by atoms with Crippen LogP contribution >= 0.6 is 0 Å². The lowest BCUT2D eigenvalue weighted by Crippen LogP contribution is -2.46. The number of ether oxygens (including phenoxy) is 1. The van der Waals surface area contributed by atoms with Crippen molar-refractivity contribution in [2.24, 2.45) is 0 Å². The van der Waals surface area contributed by atoms with Crippen LogP contribution < -0.4 is 27.8 Å². The van der Waals surface area contributed by atoms with Gasteiger partial charge in [0.15, 0.2) is 0 Å². The fourth-order valence-corrected chi connectivity index (χ4v) is 9.61. The van der Waals surface area contributed by atoms with Gasteiger partial charge in [0.25, 0.3) is 16.6 Å². The number of nitrogens with one attached hydrogen (secondary N) is 1. The van der Waals surface area contributed by atoms with Crippen LogP contribution in [0.4, 0.5) is 0 Å². The first-order valence-corrected chi connectivity index (χ1v) is 32.4. The van der Waals surface area contributed by atoms with E-state index in [1.807, 2.05) is 0 Å². The van der Waals surface area contributed by atoms with E-state index in [1.165, 1.54) is 5.56 Å². The first-order chi connectivity index (χ1) is 25.2. The van der Waals surface area contributed by atoms with Gasteiger partial charge in [0.1, 0.15) is 34.9 Å². The van der Waals surface area contributed by atoms with Crippen molar-refractivity contribution in [3.63, 3.8) is 0 Å². The third-order valence-corrected chi connectivity index (χ3v) is 31.0. The van der Waals surface area contributed by atoms with E-state index in [-0.39, 0.29) is 32.3 Å². The first-order valence-electron chi connectivity index (χ1n) is 20.8. The van der Waals surface area contributed by atoms with E-state index >= 15 is 0 Å². The van der Waals surface area contributed by atoms with Gasteiger partial charge in [-0.15, -0.1) is 0 Å². The van der Waals surface area contributed by atoms with E-state index < -0.39 is 33.3 Å². The molecule has 0 saturated heterocycles. The third-order valence-electron chi connectivity index (χ3n) is 13.6. The summed E-state index contributed by atoms with van der Waals surface area (Å²) in [5.41, 5.74) is 3.38. The number of rotatable bonds is 12. The Balaban J connectivity index is 1.92. The molecule has 4 rings (SSSR count). The summed E-state index contributed by atoms with van der Waals surface area (Å²) in [4.78, 5) is 0. The molecule has 2 atom stereocenters. The largest absolute Gasteiger partial charge is 0.543 e. The molecule has 3 aromatic carbocycles. The summed E-state index contributed by atoms with van der Waals surface area (Å²) < 4.78 is 35.6. The molecule has 1 aliphatic heterocycles. The van der Waals surface area contributed by atoms with Crippen molar-refractivity contribution >= 4 is 33.3 Å². The van der Waals surface area contributed by atoms with E-state index in [9.17, 15) is 0 Å². The molecule has 1 aliphatic rings. The second-order valence-electron chi connectivity index (χ2n) is 22.3. The summed E-state index contributed by atoms with van der Waals surface area (Å²) >= 11 is 0. The lowest BCUT2D eigenvalue weighted by Gasteiger charge is -2.41. The molecular formula is C46H77NO5Si4. The van der Waals surface area contributed by atoms with Gasteiger partial charge in [-0.25, -0.2) is 0 Å². The van der Waals surface area contributed by atoms with E-state index in [2.05, 4.69) is 201 Å². The summed E-state index contributed by atoms with van der Waals surface area (Å²) in [6.45, 7) is 46.6. The molecule has 10 heteroatoms. The molecule has 0 aromatic heterocycles. The van der Waals surface area contributed by atoms with Crippen LogP contribution in [0.25, 0.3) is 0 Å². The zero-order chi connectivity index (χ0) is 42.5. The Morgan fingerprint density at radius 2 is 1.02 bits per heavy atom. The second-order valence-corrected chi connectivity index (χ2v) is 41.2. The minimum absolute atomic E-state index is 0.0123. The van der Waals surface area contributed by atoms with Crippen LogP contribution in [0.3, 0.4) is 0 Å². The van der Waals surface area contributed by atoms with Gasteiger partial charge in [-0.05, 0) is 102 Å². The van der Waals surface area contributed by atoms with Gasteiger partial charge in [-0.1, -0.05) is 119 Å². The van der Waals surface area contributed by atoms with Crippen LogP contribution in [-0.4, -0.2) is 39.3 Å². The molecule has 0 spiro atoms. The second kappa shape index (κ2) is 15.9. The number of hydrogen-bond donors (Lipinski definition) is 1. The Labute approximate surface area is 346 Å². The summed E-state index contributed by atoms with van der Waals surface area (Å²) in [6, 6.07) is 21.4. The van der Waals surface area contributed by atoms with Crippen molar-refractivity contribution in [2.75, 3.05) is 0 Å². The highest BCUT2D eigenvalue weighted by molar-refractivity contribution is 6.76. The molecule has 0 amide bonds. The Morgan fingerprint density at radius 3 is 1.52 bits per heavy atom. The van der Waals surface area contributed by atoms with Gasteiger partial charge in [0.05, 0.1) is 6.04 Å². The number of fused-ring (bicyclic) bond motifs is 1. The normalized spacial score (nSPS) is 17.5. The van der Waals surface area contributed by atoms with Crippen LogP contribution in [0, 0.1) is 0 Å². The Kier molecular flexibility index (Phi) is 13.1. The van der Waals surface area contributed by atoms with Crippen molar-refractivity contribution in [3.8, 4) is 28.7 Å². The van der Waals surface area contributed by atoms with Crippen molar-refractivity contribution in [1.29, 1.82) is 0 Å². The molecule has 0 unspecified atom stereocenters. The Bertz CT molecular complexity index is 1810. The quantitative estimate of drug-likeness (QED) is 0.183. The lowest BCUT2D eigenvalue weighted by molar-refractivity contribution is 0.131. The molecule has 0 fully saturated rings. The predicted molar refractivity (Wildman–Crippen MR) is 248 cm³/mol. The minimum Gasteiger partial charge on any atom is -0.543 e. The molecular weight excluding hydrogens is 759 g/mol. The van der Waals surface area contributed by atoms with E-state index in [4.69, 9.17) is 22.4 Å². The van der Waals surface area contributed by atoms with Gasteiger partial charge in [0.2, 0.25) is 16.6 Å². The molecule has 0 bridgehead atoms. The molecule has 56 heavy (non-hydrogen) atoms. The summed E-state index contributed by atoms with van der Waals surface area (Å²) in [6.07, 6.45) is 0.427. The standard InChI is InChI=1S/C46H77NO5Si4/c1-43(2,3)53(13,14)49-35-29-39-36(40(30-35)51-55(17,18)45(7,8)9)31-37(47-32-33-24-22-21-23-25-33)42(48-39)34-26-27-38(50-54(15,16)44(4,5)6)41(28-34)52-56(19,20)46(10,11)12/h21-30,37,42,47H,31-32H2,1-20H3/t37-,42-/m1/s1. The SMILES string of the molecule is CC(C)(C)[Si](C)(C)Oc1cc2c(c(O[Si](C)(C)C(C)(C)C)c1)C[C@@H](NCc1ccccc1)[C@@H](c1ccc(O[Si](C)(C)C(C)(C)C)c(O[Si](C)(C)C(C)(C)C)c1)O2.